The van der Waals surface area contributed by atoms with Crippen LogP contribution in [0.4, 0.5) is 8.78 Å². The Labute approximate surface area is 109 Å². The van der Waals surface area contributed by atoms with Crippen LogP contribution in [0.25, 0.3) is 0 Å². The minimum absolute atomic E-state index is 0.385. The van der Waals surface area contributed by atoms with Gasteiger partial charge in [0, 0.05) is 12.6 Å². The third kappa shape index (κ3) is 7.27. The van der Waals surface area contributed by atoms with Crippen LogP contribution in [0.3, 0.4) is 0 Å². The van der Waals surface area contributed by atoms with Gasteiger partial charge < -0.3 is 10.1 Å². The van der Waals surface area contributed by atoms with Crippen LogP contribution >= 0.6 is 0 Å². The van der Waals surface area contributed by atoms with Gasteiger partial charge in [-0.05, 0) is 31.1 Å². The molecule has 4 heteroatoms. The molecule has 2 nitrogen and oxygen atoms in total. The molecule has 108 valence electrons. The van der Waals surface area contributed by atoms with Crippen molar-refractivity contribution in [1.29, 1.82) is 0 Å². The fourth-order valence-corrected chi connectivity index (χ4v) is 2.86. The summed E-state index contributed by atoms with van der Waals surface area (Å²) in [6.45, 7) is 5.17. The lowest BCUT2D eigenvalue weighted by Gasteiger charge is -2.30. The molecule has 0 aliphatic heterocycles. The van der Waals surface area contributed by atoms with Crippen LogP contribution < -0.4 is 5.32 Å². The number of hydrogen-bond acceptors (Lipinski definition) is 2. The monoisotopic (exact) mass is 263 g/mol. The third-order valence-corrected chi connectivity index (χ3v) is 3.51. The summed E-state index contributed by atoms with van der Waals surface area (Å²) < 4.78 is 28.6. The highest BCUT2D eigenvalue weighted by Gasteiger charge is 2.21. The van der Waals surface area contributed by atoms with Crippen LogP contribution in [0.2, 0.25) is 0 Å². The molecule has 1 aliphatic carbocycles. The standard InChI is InChI=1S/C14H27F2NO/c1-11(2)8-12-4-3-5-13(9-12)17-6-7-18-10-14(15)16/h11-14,17H,3-10H2,1-2H3. The summed E-state index contributed by atoms with van der Waals surface area (Å²) in [6.07, 6.45) is 4.02. The number of nitrogens with one attached hydrogen (secondary N) is 1. The molecule has 0 saturated heterocycles. The maximum Gasteiger partial charge on any atom is 0.261 e. The quantitative estimate of drug-likeness (QED) is 0.677. The maximum atomic E-state index is 11.8. The minimum Gasteiger partial charge on any atom is -0.374 e. The van der Waals surface area contributed by atoms with Crippen molar-refractivity contribution in [1.82, 2.24) is 5.32 Å². The lowest BCUT2D eigenvalue weighted by atomic mass is 9.81. The van der Waals surface area contributed by atoms with E-state index in [0.29, 0.717) is 19.2 Å². The molecule has 0 heterocycles. The number of hydrogen-bond donors (Lipinski definition) is 1. The van der Waals surface area contributed by atoms with Gasteiger partial charge in [0.15, 0.2) is 0 Å². The van der Waals surface area contributed by atoms with E-state index in [1.807, 2.05) is 0 Å². The molecule has 0 bridgehead atoms. The molecule has 1 fully saturated rings. The molecule has 0 amide bonds. The Bertz CT molecular complexity index is 212. The normalized spacial score (nSPS) is 25.0. The Morgan fingerprint density at radius 2 is 2.06 bits per heavy atom. The fourth-order valence-electron chi connectivity index (χ4n) is 2.86. The van der Waals surface area contributed by atoms with Gasteiger partial charge in [-0.25, -0.2) is 8.78 Å². The van der Waals surface area contributed by atoms with Gasteiger partial charge in [-0.2, -0.15) is 0 Å². The van der Waals surface area contributed by atoms with Crippen LogP contribution in [-0.4, -0.2) is 32.2 Å². The highest BCUT2D eigenvalue weighted by Crippen LogP contribution is 2.29. The Hall–Kier alpha value is -0.220. The summed E-state index contributed by atoms with van der Waals surface area (Å²) >= 11 is 0. The molecule has 0 aromatic heterocycles. The average molecular weight is 263 g/mol. The number of ether oxygens (including phenoxy) is 1. The van der Waals surface area contributed by atoms with E-state index in [0.717, 1.165) is 11.8 Å². The van der Waals surface area contributed by atoms with Crippen LogP contribution in [-0.2, 0) is 4.74 Å². The van der Waals surface area contributed by atoms with E-state index in [1.54, 1.807) is 0 Å². The highest BCUT2D eigenvalue weighted by molar-refractivity contribution is 4.78. The molecule has 0 aromatic rings. The molecular weight excluding hydrogens is 236 g/mol. The van der Waals surface area contributed by atoms with Crippen molar-refractivity contribution in [2.24, 2.45) is 11.8 Å². The molecule has 0 aromatic carbocycles. The zero-order chi connectivity index (χ0) is 13.4. The summed E-state index contributed by atoms with van der Waals surface area (Å²) in [5.74, 6) is 1.60. The molecule has 1 rings (SSSR count). The van der Waals surface area contributed by atoms with E-state index >= 15 is 0 Å². The van der Waals surface area contributed by atoms with Gasteiger partial charge in [0.2, 0.25) is 0 Å². The number of halogens is 2. The predicted molar refractivity (Wildman–Crippen MR) is 70.0 cm³/mol. The molecule has 0 radical (unpaired) electrons. The first-order chi connectivity index (χ1) is 8.58. The van der Waals surface area contributed by atoms with Gasteiger partial charge in [0.1, 0.15) is 6.61 Å². The largest absolute Gasteiger partial charge is 0.374 e. The Kier molecular flexibility index (Phi) is 7.75. The van der Waals surface area contributed by atoms with E-state index in [9.17, 15) is 8.78 Å². The lowest BCUT2D eigenvalue weighted by Crippen LogP contribution is -2.36. The van der Waals surface area contributed by atoms with E-state index < -0.39 is 13.0 Å². The molecule has 1 aliphatic rings. The Morgan fingerprint density at radius 1 is 1.28 bits per heavy atom. The lowest BCUT2D eigenvalue weighted by molar-refractivity contribution is 0.0177. The second kappa shape index (κ2) is 8.81. The molecule has 2 atom stereocenters. The van der Waals surface area contributed by atoms with Crippen molar-refractivity contribution in [3.8, 4) is 0 Å². The first kappa shape index (κ1) is 15.8. The first-order valence-corrected chi connectivity index (χ1v) is 7.17. The van der Waals surface area contributed by atoms with E-state index in [1.165, 1.54) is 32.1 Å². The summed E-state index contributed by atoms with van der Waals surface area (Å²) in [5, 5.41) is 3.43. The van der Waals surface area contributed by atoms with Crippen molar-refractivity contribution in [3.63, 3.8) is 0 Å². The SMILES string of the molecule is CC(C)CC1CCCC(NCCOCC(F)F)C1. The van der Waals surface area contributed by atoms with Gasteiger partial charge in [-0.1, -0.05) is 26.7 Å². The smallest absolute Gasteiger partial charge is 0.261 e. The summed E-state index contributed by atoms with van der Waals surface area (Å²) in [4.78, 5) is 0. The highest BCUT2D eigenvalue weighted by atomic mass is 19.3. The maximum absolute atomic E-state index is 11.8. The van der Waals surface area contributed by atoms with Gasteiger partial charge in [-0.3, -0.25) is 0 Å². The molecule has 1 saturated carbocycles. The average Bonchev–Trinajstić information content (AvgIpc) is 2.27. The third-order valence-electron chi connectivity index (χ3n) is 3.51. The van der Waals surface area contributed by atoms with Crippen molar-refractivity contribution >= 4 is 0 Å². The van der Waals surface area contributed by atoms with Gasteiger partial charge in [-0.15, -0.1) is 0 Å². The van der Waals surface area contributed by atoms with Gasteiger partial charge in [0.05, 0.1) is 6.61 Å². The molecule has 1 N–H and O–H groups in total. The fraction of sp³-hybridized carbons (Fsp3) is 1.00. The topological polar surface area (TPSA) is 21.3 Å². The second-order valence-corrected chi connectivity index (χ2v) is 5.78. The second-order valence-electron chi connectivity index (χ2n) is 5.78. The van der Waals surface area contributed by atoms with Gasteiger partial charge >= 0.3 is 0 Å². The van der Waals surface area contributed by atoms with E-state index in [2.05, 4.69) is 19.2 Å². The van der Waals surface area contributed by atoms with Crippen LogP contribution in [0, 0.1) is 11.8 Å². The molecular formula is C14H27F2NO. The van der Waals surface area contributed by atoms with Crippen LogP contribution in [0.5, 0.6) is 0 Å². The van der Waals surface area contributed by atoms with E-state index in [-0.39, 0.29) is 0 Å². The Morgan fingerprint density at radius 3 is 2.72 bits per heavy atom. The number of rotatable bonds is 8. The number of alkyl halides is 2. The summed E-state index contributed by atoms with van der Waals surface area (Å²) in [6, 6.07) is 0.553. The van der Waals surface area contributed by atoms with E-state index in [4.69, 9.17) is 4.74 Å². The van der Waals surface area contributed by atoms with Crippen molar-refractivity contribution in [2.45, 2.75) is 58.4 Å². The van der Waals surface area contributed by atoms with Crippen molar-refractivity contribution in [3.05, 3.63) is 0 Å². The Balaban J connectivity index is 2.07. The molecule has 2 unspecified atom stereocenters. The zero-order valence-corrected chi connectivity index (χ0v) is 11.6. The molecule has 18 heavy (non-hydrogen) atoms. The van der Waals surface area contributed by atoms with Crippen LogP contribution in [0.15, 0.2) is 0 Å². The summed E-state index contributed by atoms with van der Waals surface area (Å²) in [5.41, 5.74) is 0. The van der Waals surface area contributed by atoms with Crippen molar-refractivity contribution < 1.29 is 13.5 Å². The summed E-state index contributed by atoms with van der Waals surface area (Å²) in [7, 11) is 0. The first-order valence-electron chi connectivity index (χ1n) is 7.17. The minimum atomic E-state index is -2.35. The predicted octanol–water partition coefficient (Wildman–Crippen LogP) is 3.46. The molecule has 0 spiro atoms. The van der Waals surface area contributed by atoms with Crippen LogP contribution in [0.1, 0.15) is 46.0 Å². The van der Waals surface area contributed by atoms with Gasteiger partial charge in [0.25, 0.3) is 6.43 Å². The van der Waals surface area contributed by atoms with Crippen molar-refractivity contribution in [2.75, 3.05) is 19.8 Å². The zero-order valence-electron chi connectivity index (χ0n) is 11.6.